The Morgan fingerprint density at radius 2 is 2.07 bits per heavy atom. The van der Waals surface area contributed by atoms with Gasteiger partial charge in [-0.2, -0.15) is 0 Å². The van der Waals surface area contributed by atoms with Crippen molar-refractivity contribution in [2.75, 3.05) is 20.2 Å². The van der Waals surface area contributed by atoms with Gasteiger partial charge in [-0.1, -0.05) is 39.7 Å². The van der Waals surface area contributed by atoms with E-state index in [0.717, 1.165) is 43.2 Å². The van der Waals surface area contributed by atoms with Crippen LogP contribution in [0.3, 0.4) is 0 Å². The van der Waals surface area contributed by atoms with Crippen molar-refractivity contribution < 1.29 is 14.3 Å². The molecule has 1 spiro atoms. The Morgan fingerprint density at radius 1 is 1.27 bits per heavy atom. The Kier molecular flexibility index (Phi) is 3.99. The second-order valence-corrected chi connectivity index (χ2v) is 11.1. The molecule has 3 fully saturated rings. The maximum atomic E-state index is 13.9. The van der Waals surface area contributed by atoms with Gasteiger partial charge < -0.3 is 9.47 Å². The predicted octanol–water partition coefficient (Wildman–Crippen LogP) is 4.38. The van der Waals surface area contributed by atoms with Crippen molar-refractivity contribution in [2.45, 2.75) is 76.9 Å². The van der Waals surface area contributed by atoms with Crippen molar-refractivity contribution >= 4 is 5.78 Å². The van der Waals surface area contributed by atoms with Gasteiger partial charge in [-0.3, -0.25) is 9.69 Å². The highest BCUT2D eigenvalue weighted by atomic mass is 16.5. The molecule has 4 heteroatoms. The first kappa shape index (κ1) is 19.2. The average Bonchev–Trinajstić information content (AvgIpc) is 3.03. The van der Waals surface area contributed by atoms with Crippen molar-refractivity contribution in [3.05, 3.63) is 23.3 Å². The quantitative estimate of drug-likeness (QED) is 0.740. The molecule has 4 nitrogen and oxygen atoms in total. The molecule has 30 heavy (non-hydrogen) atoms. The zero-order chi connectivity index (χ0) is 20.8. The smallest absolute Gasteiger partial charge is 0.180 e. The van der Waals surface area contributed by atoms with Crippen LogP contribution in [-0.4, -0.2) is 43.0 Å². The largest absolute Gasteiger partial charge is 0.493 e. The summed E-state index contributed by atoms with van der Waals surface area (Å²) in [5.74, 6) is 3.73. The zero-order valence-corrected chi connectivity index (χ0v) is 18.9. The highest BCUT2D eigenvalue weighted by Crippen LogP contribution is 2.67. The highest BCUT2D eigenvalue weighted by Gasteiger charge is 2.71. The molecule has 2 heterocycles. The molecule has 5 atom stereocenters. The summed E-state index contributed by atoms with van der Waals surface area (Å²) in [6.45, 7) is 8.99. The van der Waals surface area contributed by atoms with Gasteiger partial charge in [-0.25, -0.2) is 0 Å². The second-order valence-electron chi connectivity index (χ2n) is 11.1. The first-order valence-corrected chi connectivity index (χ1v) is 12.1. The molecule has 5 aliphatic rings. The normalized spacial score (nSPS) is 38.6. The number of carbonyl (C=O) groups is 1. The second kappa shape index (κ2) is 6.25. The summed E-state index contributed by atoms with van der Waals surface area (Å²) < 4.78 is 12.3. The van der Waals surface area contributed by atoms with E-state index in [1.165, 1.54) is 36.9 Å². The van der Waals surface area contributed by atoms with E-state index in [1.54, 1.807) is 7.11 Å². The summed E-state index contributed by atoms with van der Waals surface area (Å²) in [4.78, 5) is 16.7. The van der Waals surface area contributed by atoms with Crippen molar-refractivity contribution in [1.82, 2.24) is 4.90 Å². The zero-order valence-electron chi connectivity index (χ0n) is 18.9. The minimum Gasteiger partial charge on any atom is -0.493 e. The lowest BCUT2D eigenvalue weighted by atomic mass is 9.43. The lowest BCUT2D eigenvalue weighted by Gasteiger charge is -2.63. The van der Waals surface area contributed by atoms with Crippen molar-refractivity contribution in [1.29, 1.82) is 0 Å². The summed E-state index contributed by atoms with van der Waals surface area (Å²) in [6, 6.07) is 4.84. The molecule has 0 amide bonds. The molecule has 2 saturated carbocycles. The summed E-state index contributed by atoms with van der Waals surface area (Å²) in [5.41, 5.74) is 2.22. The van der Waals surface area contributed by atoms with E-state index >= 15 is 0 Å². The Balaban J connectivity index is 1.55. The first-order valence-electron chi connectivity index (χ1n) is 12.1. The SMILES string of the molecule is CC[C@@H]1[C@H]2[C@H]3Cc4ccc(OC)c5c4[C@@]2(CCN3CC2CCC2)[C@@H](O5)C(=O)C1(C)C. The average molecular weight is 410 g/mol. The van der Waals surface area contributed by atoms with Gasteiger partial charge in [0.1, 0.15) is 0 Å². The van der Waals surface area contributed by atoms with Crippen LogP contribution >= 0.6 is 0 Å². The summed E-state index contributed by atoms with van der Waals surface area (Å²) in [5, 5.41) is 0. The fraction of sp³-hybridized carbons (Fsp3) is 0.731. The number of methoxy groups -OCH3 is 1. The summed E-state index contributed by atoms with van der Waals surface area (Å²) in [6.07, 6.45) is 7.02. The van der Waals surface area contributed by atoms with Crippen LogP contribution in [0.15, 0.2) is 12.1 Å². The summed E-state index contributed by atoms with van der Waals surface area (Å²) >= 11 is 0. The van der Waals surface area contributed by atoms with E-state index in [2.05, 4.69) is 37.8 Å². The number of ether oxygens (including phenoxy) is 2. The molecule has 6 rings (SSSR count). The van der Waals surface area contributed by atoms with Crippen LogP contribution in [0.5, 0.6) is 11.5 Å². The maximum absolute atomic E-state index is 13.9. The van der Waals surface area contributed by atoms with E-state index in [4.69, 9.17) is 9.47 Å². The van der Waals surface area contributed by atoms with Gasteiger partial charge in [0.2, 0.25) is 0 Å². The number of hydrogen-bond donors (Lipinski definition) is 0. The number of nitrogens with zero attached hydrogens (tertiary/aromatic N) is 1. The molecule has 2 aliphatic heterocycles. The highest BCUT2D eigenvalue weighted by molar-refractivity contribution is 5.94. The van der Waals surface area contributed by atoms with Crippen molar-refractivity contribution in [3.63, 3.8) is 0 Å². The third-order valence-corrected chi connectivity index (χ3v) is 9.71. The van der Waals surface area contributed by atoms with Crippen LogP contribution in [0, 0.1) is 23.2 Å². The number of carbonyl (C=O) groups excluding carboxylic acids is 1. The lowest BCUT2D eigenvalue weighted by molar-refractivity contribution is -0.166. The summed E-state index contributed by atoms with van der Waals surface area (Å²) in [7, 11) is 1.71. The third-order valence-electron chi connectivity index (χ3n) is 9.71. The van der Waals surface area contributed by atoms with E-state index < -0.39 is 0 Å². The molecule has 1 aromatic carbocycles. The molecule has 3 aliphatic carbocycles. The van der Waals surface area contributed by atoms with Crippen molar-refractivity contribution in [2.24, 2.45) is 23.2 Å². The number of hydrogen-bond acceptors (Lipinski definition) is 4. The standard InChI is InChI=1S/C26H35NO3/c1-5-17-21-18-13-16-9-10-19(29-4)22-20(16)26(21,24(30-22)23(28)25(17,2)3)11-12-27(18)14-15-7-6-8-15/h9-10,15,17-18,21,24H,5-8,11-14H2,1-4H3/t17-,18-,21+,24+,26-/m1/s1. The number of Topliss-reactive ketones (excluding diaryl/α,β-unsaturated/α-hetero) is 1. The van der Waals surface area contributed by atoms with Crippen LogP contribution in [-0.2, 0) is 16.6 Å². The van der Waals surface area contributed by atoms with E-state index in [-0.39, 0.29) is 16.9 Å². The van der Waals surface area contributed by atoms with Gasteiger partial charge in [0.05, 0.1) is 7.11 Å². The Morgan fingerprint density at radius 3 is 2.73 bits per heavy atom. The number of benzene rings is 1. The van der Waals surface area contributed by atoms with Crippen LogP contribution in [0.2, 0.25) is 0 Å². The van der Waals surface area contributed by atoms with Gasteiger partial charge in [0.15, 0.2) is 23.4 Å². The van der Waals surface area contributed by atoms with Gasteiger partial charge in [0, 0.05) is 29.0 Å². The van der Waals surface area contributed by atoms with E-state index in [0.29, 0.717) is 23.7 Å². The van der Waals surface area contributed by atoms with Crippen molar-refractivity contribution in [3.8, 4) is 11.5 Å². The first-order chi connectivity index (χ1) is 14.4. The fourth-order valence-corrected chi connectivity index (χ4v) is 8.11. The van der Waals surface area contributed by atoms with Gasteiger partial charge in [-0.15, -0.1) is 0 Å². The van der Waals surface area contributed by atoms with Gasteiger partial charge >= 0.3 is 0 Å². The fourth-order valence-electron chi connectivity index (χ4n) is 8.11. The number of likely N-dealkylation sites (tertiary alicyclic amines) is 1. The molecule has 162 valence electrons. The molecular formula is C26H35NO3. The number of rotatable bonds is 4. The Bertz CT molecular complexity index is 904. The number of ketones is 1. The molecule has 0 radical (unpaired) electrons. The molecule has 0 unspecified atom stereocenters. The van der Waals surface area contributed by atoms with E-state index in [1.807, 2.05) is 0 Å². The van der Waals surface area contributed by atoms with Crippen LogP contribution in [0.4, 0.5) is 0 Å². The van der Waals surface area contributed by atoms with Crippen LogP contribution in [0.1, 0.15) is 64.0 Å². The predicted molar refractivity (Wildman–Crippen MR) is 116 cm³/mol. The Hall–Kier alpha value is -1.55. The van der Waals surface area contributed by atoms with E-state index in [9.17, 15) is 4.79 Å². The maximum Gasteiger partial charge on any atom is 0.180 e. The molecule has 2 bridgehead atoms. The molecule has 0 aromatic heterocycles. The Labute approximate surface area is 180 Å². The minimum atomic E-state index is -0.349. The number of piperidine rings is 1. The van der Waals surface area contributed by atoms with Crippen LogP contribution in [0.25, 0.3) is 0 Å². The molecular weight excluding hydrogens is 374 g/mol. The third kappa shape index (κ3) is 2.14. The molecule has 1 aromatic rings. The van der Waals surface area contributed by atoms with Gasteiger partial charge in [-0.05, 0) is 61.6 Å². The topological polar surface area (TPSA) is 38.8 Å². The molecule has 1 saturated heterocycles. The monoisotopic (exact) mass is 409 g/mol. The molecule has 0 N–H and O–H groups in total. The lowest BCUT2D eigenvalue weighted by Crippen LogP contribution is -2.72. The van der Waals surface area contributed by atoms with Crippen LogP contribution < -0.4 is 9.47 Å². The minimum absolute atomic E-state index is 0.161. The van der Waals surface area contributed by atoms with Gasteiger partial charge in [0.25, 0.3) is 0 Å².